The fraction of sp³-hybridized carbons (Fsp3) is 0.250. The van der Waals surface area contributed by atoms with Gasteiger partial charge in [0.1, 0.15) is 5.82 Å². The fourth-order valence-corrected chi connectivity index (χ4v) is 1.74. The summed E-state index contributed by atoms with van der Waals surface area (Å²) in [6.45, 7) is 2.46. The number of nitrogens with one attached hydrogen (secondary N) is 1. The van der Waals surface area contributed by atoms with Crippen LogP contribution < -0.4 is 5.32 Å². The molecule has 5 heteroatoms. The van der Waals surface area contributed by atoms with Gasteiger partial charge in [0.05, 0.1) is 16.4 Å². The third kappa shape index (κ3) is 2.77. The van der Waals surface area contributed by atoms with E-state index >= 15 is 0 Å². The van der Waals surface area contributed by atoms with E-state index in [2.05, 4.69) is 10.4 Å². The first kappa shape index (κ1) is 11.9. The smallest absolute Gasteiger partial charge is 0.142 e. The highest BCUT2D eigenvalue weighted by molar-refractivity contribution is 6.30. The summed E-state index contributed by atoms with van der Waals surface area (Å²) in [5.41, 5.74) is 2.71. The highest BCUT2D eigenvalue weighted by Gasteiger charge is 2.04. The Morgan fingerprint density at radius 3 is 2.82 bits per heavy atom. The maximum Gasteiger partial charge on any atom is 0.142 e. The van der Waals surface area contributed by atoms with Crippen molar-refractivity contribution in [2.45, 2.75) is 13.5 Å². The van der Waals surface area contributed by atoms with Crippen molar-refractivity contribution in [3.8, 4) is 0 Å². The number of rotatable bonds is 3. The predicted octanol–water partition coefficient (Wildman–Crippen LogP) is 3.13. The number of benzene rings is 1. The van der Waals surface area contributed by atoms with Gasteiger partial charge in [-0.05, 0) is 24.6 Å². The third-order valence-electron chi connectivity index (χ3n) is 2.48. The van der Waals surface area contributed by atoms with Gasteiger partial charge in [-0.25, -0.2) is 4.39 Å². The molecule has 0 fully saturated rings. The molecule has 2 rings (SSSR count). The van der Waals surface area contributed by atoms with Gasteiger partial charge in [-0.3, -0.25) is 4.68 Å². The molecule has 90 valence electrons. The second-order valence-corrected chi connectivity index (χ2v) is 4.31. The SMILES string of the molecule is Cc1nn(C)cc1NCc1ccc(Cl)c(F)c1. The van der Waals surface area contributed by atoms with Crippen LogP contribution in [0.3, 0.4) is 0 Å². The highest BCUT2D eigenvalue weighted by atomic mass is 35.5. The summed E-state index contributed by atoms with van der Waals surface area (Å²) in [6, 6.07) is 4.79. The molecule has 0 radical (unpaired) electrons. The van der Waals surface area contributed by atoms with Gasteiger partial charge in [0.25, 0.3) is 0 Å². The van der Waals surface area contributed by atoms with E-state index in [0.717, 1.165) is 16.9 Å². The van der Waals surface area contributed by atoms with Crippen molar-refractivity contribution < 1.29 is 4.39 Å². The minimum atomic E-state index is -0.395. The molecule has 1 N–H and O–H groups in total. The molecule has 17 heavy (non-hydrogen) atoms. The number of hydrogen-bond donors (Lipinski definition) is 1. The molecule has 0 amide bonds. The molecule has 0 aliphatic carbocycles. The Morgan fingerprint density at radius 1 is 1.47 bits per heavy atom. The van der Waals surface area contributed by atoms with Gasteiger partial charge in [-0.2, -0.15) is 5.10 Å². The van der Waals surface area contributed by atoms with Gasteiger partial charge in [0.2, 0.25) is 0 Å². The molecule has 0 saturated carbocycles. The van der Waals surface area contributed by atoms with Crippen LogP contribution in [0, 0.1) is 12.7 Å². The maximum absolute atomic E-state index is 13.2. The zero-order valence-electron chi connectivity index (χ0n) is 9.67. The van der Waals surface area contributed by atoms with Gasteiger partial charge < -0.3 is 5.32 Å². The summed E-state index contributed by atoms with van der Waals surface area (Å²) < 4.78 is 14.9. The predicted molar refractivity (Wildman–Crippen MR) is 66.7 cm³/mol. The van der Waals surface area contributed by atoms with Crippen LogP contribution in [0.15, 0.2) is 24.4 Å². The Balaban J connectivity index is 2.07. The van der Waals surface area contributed by atoms with Crippen molar-refractivity contribution in [3.63, 3.8) is 0 Å². The van der Waals surface area contributed by atoms with Gasteiger partial charge >= 0.3 is 0 Å². The number of aryl methyl sites for hydroxylation is 2. The second-order valence-electron chi connectivity index (χ2n) is 3.90. The van der Waals surface area contributed by atoms with Gasteiger partial charge in [0.15, 0.2) is 0 Å². The molecule has 0 bridgehead atoms. The van der Waals surface area contributed by atoms with Gasteiger partial charge in [-0.15, -0.1) is 0 Å². The fourth-order valence-electron chi connectivity index (χ4n) is 1.62. The molecular weight excluding hydrogens is 241 g/mol. The van der Waals surface area contributed by atoms with E-state index in [1.54, 1.807) is 16.8 Å². The molecule has 1 heterocycles. The highest BCUT2D eigenvalue weighted by Crippen LogP contribution is 2.17. The lowest BCUT2D eigenvalue weighted by molar-refractivity contribution is 0.626. The Morgan fingerprint density at radius 2 is 2.24 bits per heavy atom. The molecule has 1 aromatic heterocycles. The Bertz CT molecular complexity index is 537. The zero-order valence-corrected chi connectivity index (χ0v) is 10.4. The van der Waals surface area contributed by atoms with Crippen LogP contribution in [-0.4, -0.2) is 9.78 Å². The molecule has 1 aromatic carbocycles. The molecule has 3 nitrogen and oxygen atoms in total. The number of halogens is 2. The van der Waals surface area contributed by atoms with Crippen LogP contribution in [0.25, 0.3) is 0 Å². The molecule has 0 aliphatic rings. The van der Waals surface area contributed by atoms with E-state index < -0.39 is 5.82 Å². The van der Waals surface area contributed by atoms with Crippen molar-refractivity contribution >= 4 is 17.3 Å². The van der Waals surface area contributed by atoms with Crippen molar-refractivity contribution in [1.82, 2.24) is 9.78 Å². The van der Waals surface area contributed by atoms with E-state index in [9.17, 15) is 4.39 Å². The lowest BCUT2D eigenvalue weighted by atomic mass is 10.2. The summed E-state index contributed by atoms with van der Waals surface area (Å²) in [4.78, 5) is 0. The molecule has 0 aliphatic heterocycles. The van der Waals surface area contributed by atoms with Crippen LogP contribution >= 0.6 is 11.6 Å². The second kappa shape index (κ2) is 4.75. The van der Waals surface area contributed by atoms with E-state index in [4.69, 9.17) is 11.6 Å². The summed E-state index contributed by atoms with van der Waals surface area (Å²) in [7, 11) is 1.86. The minimum absolute atomic E-state index is 0.145. The van der Waals surface area contributed by atoms with E-state index in [1.165, 1.54) is 6.07 Å². The standard InChI is InChI=1S/C12H13ClFN3/c1-8-12(7-17(2)16-8)15-6-9-3-4-10(13)11(14)5-9/h3-5,7,15H,6H2,1-2H3. The van der Waals surface area contributed by atoms with Gasteiger partial charge in [0, 0.05) is 19.8 Å². The van der Waals surface area contributed by atoms with E-state index in [0.29, 0.717) is 6.54 Å². The summed E-state index contributed by atoms with van der Waals surface area (Å²) >= 11 is 5.62. The normalized spacial score (nSPS) is 10.6. The van der Waals surface area contributed by atoms with Crippen molar-refractivity contribution in [3.05, 3.63) is 46.5 Å². The van der Waals surface area contributed by atoms with Crippen LogP contribution in [0.1, 0.15) is 11.3 Å². The van der Waals surface area contributed by atoms with E-state index in [1.807, 2.05) is 20.2 Å². The van der Waals surface area contributed by atoms with Crippen molar-refractivity contribution in [1.29, 1.82) is 0 Å². The molecule has 0 unspecified atom stereocenters. The number of nitrogens with zero attached hydrogens (tertiary/aromatic N) is 2. The van der Waals surface area contributed by atoms with Crippen molar-refractivity contribution in [2.75, 3.05) is 5.32 Å². The first-order valence-electron chi connectivity index (χ1n) is 5.24. The number of hydrogen-bond acceptors (Lipinski definition) is 2. The lowest BCUT2D eigenvalue weighted by Crippen LogP contribution is -2.00. The zero-order chi connectivity index (χ0) is 12.4. The third-order valence-corrected chi connectivity index (χ3v) is 2.79. The maximum atomic E-state index is 13.2. The van der Waals surface area contributed by atoms with Crippen LogP contribution in [-0.2, 0) is 13.6 Å². The Kier molecular flexibility index (Phi) is 3.33. The molecule has 0 atom stereocenters. The van der Waals surface area contributed by atoms with Crippen LogP contribution in [0.5, 0.6) is 0 Å². The topological polar surface area (TPSA) is 29.9 Å². The Hall–Kier alpha value is -1.55. The van der Waals surface area contributed by atoms with Crippen molar-refractivity contribution in [2.24, 2.45) is 7.05 Å². The number of aromatic nitrogens is 2. The number of anilines is 1. The quantitative estimate of drug-likeness (QED) is 0.911. The minimum Gasteiger partial charge on any atom is -0.378 e. The average Bonchev–Trinajstić information content (AvgIpc) is 2.59. The van der Waals surface area contributed by atoms with Crippen LogP contribution in [0.2, 0.25) is 5.02 Å². The average molecular weight is 254 g/mol. The van der Waals surface area contributed by atoms with Gasteiger partial charge in [-0.1, -0.05) is 17.7 Å². The molecule has 2 aromatic rings. The monoisotopic (exact) mass is 253 g/mol. The summed E-state index contributed by atoms with van der Waals surface area (Å²) in [5, 5.41) is 7.56. The van der Waals surface area contributed by atoms with E-state index in [-0.39, 0.29) is 5.02 Å². The molecular formula is C12H13ClFN3. The summed E-state index contributed by atoms with van der Waals surface area (Å²) in [6.07, 6.45) is 1.89. The largest absolute Gasteiger partial charge is 0.378 e. The molecule has 0 saturated heterocycles. The first-order valence-corrected chi connectivity index (χ1v) is 5.62. The first-order chi connectivity index (χ1) is 8.06. The summed E-state index contributed by atoms with van der Waals surface area (Å²) in [5.74, 6) is -0.395. The molecule has 0 spiro atoms. The van der Waals surface area contributed by atoms with Crippen LogP contribution in [0.4, 0.5) is 10.1 Å². The lowest BCUT2D eigenvalue weighted by Gasteiger charge is -2.05. The Labute approximate surface area is 104 Å².